The zero-order valence-corrected chi connectivity index (χ0v) is 8.74. The molecule has 0 aliphatic heterocycles. The van der Waals surface area contributed by atoms with Crippen LogP contribution in [-0.2, 0) is 4.79 Å². The Hall–Kier alpha value is -0.570. The van der Waals surface area contributed by atoms with Gasteiger partial charge in [-0.25, -0.2) is 0 Å². The molecule has 0 aromatic rings. The summed E-state index contributed by atoms with van der Waals surface area (Å²) in [5.41, 5.74) is 5.89. The van der Waals surface area contributed by atoms with Crippen molar-refractivity contribution in [2.24, 2.45) is 11.7 Å². The lowest BCUT2D eigenvalue weighted by molar-refractivity contribution is -0.137. The fraction of sp³-hybridized carbons (Fsp3) is 0.909. The van der Waals surface area contributed by atoms with Crippen LogP contribution in [0.2, 0.25) is 0 Å². The monoisotopic (exact) mass is 199 g/mol. The average molecular weight is 199 g/mol. The number of hydrogen-bond donors (Lipinski definition) is 2. The molecule has 1 rings (SSSR count). The Balaban J connectivity index is 2.11. The van der Waals surface area contributed by atoms with Crippen LogP contribution < -0.4 is 5.73 Å². The normalized spacial score (nSPS) is 20.6. The lowest BCUT2D eigenvalue weighted by Crippen LogP contribution is -2.25. The van der Waals surface area contributed by atoms with Crippen LogP contribution in [0, 0.1) is 5.92 Å². The molecule has 0 spiro atoms. The van der Waals surface area contributed by atoms with E-state index >= 15 is 0 Å². The Morgan fingerprint density at radius 3 is 2.57 bits per heavy atom. The van der Waals surface area contributed by atoms with Crippen molar-refractivity contribution >= 4 is 5.97 Å². The molecule has 0 bridgehead atoms. The molecular formula is C11H21NO2. The highest BCUT2D eigenvalue weighted by Gasteiger charge is 2.16. The largest absolute Gasteiger partial charge is 0.481 e. The van der Waals surface area contributed by atoms with Gasteiger partial charge in [-0.2, -0.15) is 0 Å². The van der Waals surface area contributed by atoms with Crippen molar-refractivity contribution < 1.29 is 9.90 Å². The predicted molar refractivity (Wildman–Crippen MR) is 56.0 cm³/mol. The molecule has 1 unspecified atom stereocenters. The molecule has 1 atom stereocenters. The minimum Gasteiger partial charge on any atom is -0.481 e. The van der Waals surface area contributed by atoms with Gasteiger partial charge in [0.25, 0.3) is 0 Å². The Labute approximate surface area is 85.7 Å². The molecule has 1 aliphatic carbocycles. The second-order valence-corrected chi connectivity index (χ2v) is 4.43. The van der Waals surface area contributed by atoms with E-state index in [0.29, 0.717) is 6.42 Å². The fourth-order valence-electron chi connectivity index (χ4n) is 2.28. The number of aliphatic carboxylic acids is 1. The number of carbonyl (C=O) groups is 1. The van der Waals surface area contributed by atoms with Gasteiger partial charge in [0.15, 0.2) is 0 Å². The van der Waals surface area contributed by atoms with E-state index in [1.165, 1.54) is 32.1 Å². The van der Waals surface area contributed by atoms with Gasteiger partial charge in [0, 0.05) is 12.5 Å². The van der Waals surface area contributed by atoms with Gasteiger partial charge in [-0.1, -0.05) is 32.1 Å². The third-order valence-corrected chi connectivity index (χ3v) is 3.09. The zero-order valence-electron chi connectivity index (χ0n) is 8.74. The molecule has 0 heterocycles. The quantitative estimate of drug-likeness (QED) is 0.713. The van der Waals surface area contributed by atoms with Crippen LogP contribution >= 0.6 is 0 Å². The van der Waals surface area contributed by atoms with E-state index in [9.17, 15) is 4.79 Å². The molecule has 1 saturated carbocycles. The molecule has 0 aromatic heterocycles. The van der Waals surface area contributed by atoms with Gasteiger partial charge in [0.1, 0.15) is 0 Å². The highest BCUT2D eigenvalue weighted by molar-refractivity contribution is 5.66. The summed E-state index contributed by atoms with van der Waals surface area (Å²) in [7, 11) is 0. The van der Waals surface area contributed by atoms with Crippen molar-refractivity contribution in [1.82, 2.24) is 0 Å². The summed E-state index contributed by atoms with van der Waals surface area (Å²) in [4.78, 5) is 10.3. The predicted octanol–water partition coefficient (Wildman–Crippen LogP) is 2.15. The summed E-state index contributed by atoms with van der Waals surface area (Å²) < 4.78 is 0. The van der Waals surface area contributed by atoms with E-state index in [0.717, 1.165) is 12.3 Å². The van der Waals surface area contributed by atoms with Crippen LogP contribution in [0.15, 0.2) is 0 Å². The molecule has 3 heteroatoms. The first-order chi connectivity index (χ1) is 6.68. The van der Waals surface area contributed by atoms with Crippen LogP contribution in [0.1, 0.15) is 51.4 Å². The molecule has 1 fully saturated rings. The summed E-state index contributed by atoms with van der Waals surface area (Å²) in [6, 6.07) is 0.0919. The molecule has 14 heavy (non-hydrogen) atoms. The van der Waals surface area contributed by atoms with Crippen LogP contribution in [0.3, 0.4) is 0 Å². The summed E-state index contributed by atoms with van der Waals surface area (Å²) >= 11 is 0. The van der Waals surface area contributed by atoms with Gasteiger partial charge >= 0.3 is 5.97 Å². The van der Waals surface area contributed by atoms with E-state index in [2.05, 4.69) is 0 Å². The molecule has 82 valence electrons. The van der Waals surface area contributed by atoms with Gasteiger partial charge in [0.2, 0.25) is 0 Å². The van der Waals surface area contributed by atoms with Crippen molar-refractivity contribution in [1.29, 1.82) is 0 Å². The highest BCUT2D eigenvalue weighted by atomic mass is 16.4. The highest BCUT2D eigenvalue weighted by Crippen LogP contribution is 2.27. The molecular weight excluding hydrogens is 178 g/mol. The molecule has 0 radical (unpaired) electrons. The van der Waals surface area contributed by atoms with Gasteiger partial charge in [-0.3, -0.25) is 4.79 Å². The number of carboxylic acid groups (broad SMARTS) is 1. The average Bonchev–Trinajstić information content (AvgIpc) is 2.16. The third kappa shape index (κ3) is 4.61. The lowest BCUT2D eigenvalue weighted by atomic mass is 9.84. The summed E-state index contributed by atoms with van der Waals surface area (Å²) in [5, 5.41) is 8.51. The standard InChI is InChI=1S/C11H21NO2/c12-10(6-7-11(13)14)8-9-4-2-1-3-5-9/h9-10H,1-8,12H2,(H,13,14). The molecule has 0 saturated heterocycles. The second-order valence-electron chi connectivity index (χ2n) is 4.43. The number of hydrogen-bond acceptors (Lipinski definition) is 2. The maximum absolute atomic E-state index is 10.3. The maximum atomic E-state index is 10.3. The Kier molecular flexibility index (Phi) is 4.94. The van der Waals surface area contributed by atoms with Crippen LogP contribution in [0.25, 0.3) is 0 Å². The van der Waals surface area contributed by atoms with Gasteiger partial charge in [0.05, 0.1) is 0 Å². The first-order valence-corrected chi connectivity index (χ1v) is 5.66. The van der Waals surface area contributed by atoms with E-state index in [4.69, 9.17) is 10.8 Å². The third-order valence-electron chi connectivity index (χ3n) is 3.09. The Morgan fingerprint density at radius 2 is 2.00 bits per heavy atom. The van der Waals surface area contributed by atoms with Crippen molar-refractivity contribution in [2.45, 2.75) is 57.4 Å². The van der Waals surface area contributed by atoms with E-state index in [1.807, 2.05) is 0 Å². The van der Waals surface area contributed by atoms with Crippen LogP contribution in [0.4, 0.5) is 0 Å². The van der Waals surface area contributed by atoms with E-state index < -0.39 is 5.97 Å². The number of rotatable bonds is 5. The van der Waals surface area contributed by atoms with Crippen molar-refractivity contribution in [2.75, 3.05) is 0 Å². The van der Waals surface area contributed by atoms with Gasteiger partial charge < -0.3 is 10.8 Å². The molecule has 3 N–H and O–H groups in total. The summed E-state index contributed by atoms with van der Waals surface area (Å²) in [6.07, 6.45) is 8.47. The van der Waals surface area contributed by atoms with Crippen LogP contribution in [0.5, 0.6) is 0 Å². The smallest absolute Gasteiger partial charge is 0.303 e. The maximum Gasteiger partial charge on any atom is 0.303 e. The topological polar surface area (TPSA) is 63.3 Å². The Bertz CT molecular complexity index is 176. The number of nitrogens with two attached hydrogens (primary N) is 1. The first-order valence-electron chi connectivity index (χ1n) is 5.66. The van der Waals surface area contributed by atoms with Crippen LogP contribution in [-0.4, -0.2) is 17.1 Å². The lowest BCUT2D eigenvalue weighted by Gasteiger charge is -2.24. The zero-order chi connectivity index (χ0) is 10.4. The van der Waals surface area contributed by atoms with Gasteiger partial charge in [-0.05, 0) is 18.8 Å². The molecule has 1 aliphatic rings. The molecule has 0 aromatic carbocycles. The summed E-state index contributed by atoms with van der Waals surface area (Å²) in [6.45, 7) is 0. The fourth-order valence-corrected chi connectivity index (χ4v) is 2.28. The van der Waals surface area contributed by atoms with Gasteiger partial charge in [-0.15, -0.1) is 0 Å². The molecule has 3 nitrogen and oxygen atoms in total. The Morgan fingerprint density at radius 1 is 1.36 bits per heavy atom. The minimum absolute atomic E-state index is 0.0919. The number of carboxylic acids is 1. The van der Waals surface area contributed by atoms with Crippen molar-refractivity contribution in [3.8, 4) is 0 Å². The second kappa shape index (κ2) is 6.02. The van der Waals surface area contributed by atoms with E-state index in [-0.39, 0.29) is 12.5 Å². The minimum atomic E-state index is -0.732. The first kappa shape index (κ1) is 11.5. The SMILES string of the molecule is NC(CCC(=O)O)CC1CCCCC1. The van der Waals surface area contributed by atoms with Crippen molar-refractivity contribution in [3.63, 3.8) is 0 Å². The molecule has 0 amide bonds. The summed E-state index contributed by atoms with van der Waals surface area (Å²) in [5.74, 6) is 0.0247. The van der Waals surface area contributed by atoms with Crippen molar-refractivity contribution in [3.05, 3.63) is 0 Å². The van der Waals surface area contributed by atoms with E-state index in [1.54, 1.807) is 0 Å².